The molecule has 20 heavy (non-hydrogen) atoms. The number of aliphatic hydroxyl groups is 1. The molecule has 0 aliphatic heterocycles. The summed E-state index contributed by atoms with van der Waals surface area (Å²) in [6.07, 6.45) is -3.41. The monoisotopic (exact) mass is 292 g/mol. The van der Waals surface area contributed by atoms with E-state index in [0.29, 0.717) is 12.8 Å². The first-order valence-electron chi connectivity index (χ1n) is 6.43. The van der Waals surface area contributed by atoms with Crippen LogP contribution in [0.25, 0.3) is 0 Å². The zero-order valence-corrected chi connectivity index (χ0v) is 11.5. The van der Waals surface area contributed by atoms with Crippen LogP contribution in [-0.2, 0) is 0 Å². The molecular weight excluding hydrogens is 273 g/mol. The molecule has 1 aromatic rings. The molecule has 0 bridgehead atoms. The summed E-state index contributed by atoms with van der Waals surface area (Å²) in [5.74, 6) is 0.205. The standard InChI is InChI=1S/C14H19F3O3/c1-3-13(18,4-2)9-19-11-7-5-6-8-12(11)20-10-14(15,16)17/h5-8,18H,3-4,9-10H2,1-2H3. The first kappa shape index (κ1) is 16.6. The van der Waals surface area contributed by atoms with Crippen LogP contribution in [0.3, 0.4) is 0 Å². The lowest BCUT2D eigenvalue weighted by Crippen LogP contribution is -2.34. The van der Waals surface area contributed by atoms with Gasteiger partial charge in [0, 0.05) is 0 Å². The van der Waals surface area contributed by atoms with Crippen molar-refractivity contribution in [3.05, 3.63) is 24.3 Å². The Balaban J connectivity index is 2.71. The Bertz CT molecular complexity index is 414. The van der Waals surface area contributed by atoms with Crippen LogP contribution in [0.2, 0.25) is 0 Å². The molecule has 0 saturated carbocycles. The Hall–Kier alpha value is -1.43. The number of alkyl halides is 3. The van der Waals surface area contributed by atoms with Gasteiger partial charge in [-0.05, 0) is 25.0 Å². The van der Waals surface area contributed by atoms with Gasteiger partial charge in [0.05, 0.1) is 5.60 Å². The predicted octanol–water partition coefficient (Wildman–Crippen LogP) is 3.56. The van der Waals surface area contributed by atoms with E-state index in [1.807, 2.05) is 13.8 Å². The normalized spacial score (nSPS) is 12.3. The van der Waals surface area contributed by atoms with Crippen LogP contribution in [0, 0.1) is 0 Å². The molecule has 0 amide bonds. The molecule has 0 heterocycles. The molecule has 0 spiro atoms. The van der Waals surface area contributed by atoms with Gasteiger partial charge >= 0.3 is 6.18 Å². The Morgan fingerprint density at radius 3 is 1.80 bits per heavy atom. The van der Waals surface area contributed by atoms with Crippen LogP contribution >= 0.6 is 0 Å². The van der Waals surface area contributed by atoms with Gasteiger partial charge in [0.25, 0.3) is 0 Å². The first-order chi connectivity index (χ1) is 9.29. The summed E-state index contributed by atoms with van der Waals surface area (Å²) in [6.45, 7) is 2.27. The predicted molar refractivity (Wildman–Crippen MR) is 69.0 cm³/mol. The summed E-state index contributed by atoms with van der Waals surface area (Å²) in [5, 5.41) is 10.1. The van der Waals surface area contributed by atoms with E-state index in [0.717, 1.165) is 0 Å². The summed E-state index contributed by atoms with van der Waals surface area (Å²) < 4.78 is 46.6. The van der Waals surface area contributed by atoms with Gasteiger partial charge in [-0.25, -0.2) is 0 Å². The third-order valence-electron chi connectivity index (χ3n) is 3.05. The zero-order valence-electron chi connectivity index (χ0n) is 11.5. The van der Waals surface area contributed by atoms with Crippen molar-refractivity contribution in [3.63, 3.8) is 0 Å². The maximum absolute atomic E-state index is 12.2. The van der Waals surface area contributed by atoms with Crippen LogP contribution in [-0.4, -0.2) is 30.1 Å². The fourth-order valence-corrected chi connectivity index (χ4v) is 1.51. The van der Waals surface area contributed by atoms with E-state index in [1.165, 1.54) is 12.1 Å². The van der Waals surface area contributed by atoms with Crippen molar-refractivity contribution in [2.24, 2.45) is 0 Å². The van der Waals surface area contributed by atoms with Crippen LogP contribution in [0.5, 0.6) is 11.5 Å². The molecule has 1 N–H and O–H groups in total. The lowest BCUT2D eigenvalue weighted by molar-refractivity contribution is -0.153. The molecule has 0 atom stereocenters. The van der Waals surface area contributed by atoms with E-state index in [1.54, 1.807) is 12.1 Å². The van der Waals surface area contributed by atoms with Crippen LogP contribution in [0.15, 0.2) is 24.3 Å². The Morgan fingerprint density at radius 1 is 0.950 bits per heavy atom. The molecule has 114 valence electrons. The lowest BCUT2D eigenvalue weighted by atomic mass is 9.99. The van der Waals surface area contributed by atoms with Gasteiger partial charge < -0.3 is 14.6 Å². The van der Waals surface area contributed by atoms with Gasteiger partial charge in [0.2, 0.25) is 0 Å². The van der Waals surface area contributed by atoms with Crippen molar-refractivity contribution >= 4 is 0 Å². The van der Waals surface area contributed by atoms with Crippen LogP contribution < -0.4 is 9.47 Å². The van der Waals surface area contributed by atoms with E-state index in [9.17, 15) is 18.3 Å². The zero-order chi connectivity index (χ0) is 15.2. The highest BCUT2D eigenvalue weighted by molar-refractivity contribution is 5.39. The number of halogens is 3. The number of benzene rings is 1. The average Bonchev–Trinajstić information content (AvgIpc) is 2.42. The van der Waals surface area contributed by atoms with E-state index in [2.05, 4.69) is 0 Å². The molecule has 0 saturated heterocycles. The highest BCUT2D eigenvalue weighted by Gasteiger charge is 2.29. The third-order valence-corrected chi connectivity index (χ3v) is 3.05. The van der Waals surface area contributed by atoms with Crippen molar-refractivity contribution in [1.82, 2.24) is 0 Å². The van der Waals surface area contributed by atoms with E-state index in [4.69, 9.17) is 9.47 Å². The molecule has 0 unspecified atom stereocenters. The number of ether oxygens (including phenoxy) is 2. The van der Waals surface area contributed by atoms with Gasteiger partial charge in [-0.2, -0.15) is 13.2 Å². The molecule has 0 radical (unpaired) electrons. The largest absolute Gasteiger partial charge is 0.487 e. The van der Waals surface area contributed by atoms with Gasteiger partial charge in [0.15, 0.2) is 18.1 Å². The molecule has 0 aromatic heterocycles. The number of para-hydroxylation sites is 2. The van der Waals surface area contributed by atoms with E-state index in [-0.39, 0.29) is 18.1 Å². The Labute approximate surface area is 116 Å². The highest BCUT2D eigenvalue weighted by atomic mass is 19.4. The molecular formula is C14H19F3O3. The van der Waals surface area contributed by atoms with Crippen molar-refractivity contribution < 1.29 is 27.8 Å². The maximum atomic E-state index is 12.2. The topological polar surface area (TPSA) is 38.7 Å². The fourth-order valence-electron chi connectivity index (χ4n) is 1.51. The summed E-state index contributed by atoms with van der Waals surface area (Å²) in [7, 11) is 0. The smallest absolute Gasteiger partial charge is 0.422 e. The highest BCUT2D eigenvalue weighted by Crippen LogP contribution is 2.29. The van der Waals surface area contributed by atoms with Gasteiger partial charge in [-0.15, -0.1) is 0 Å². The minimum absolute atomic E-state index is 0.00634. The number of rotatable bonds is 7. The van der Waals surface area contributed by atoms with Crippen molar-refractivity contribution in [1.29, 1.82) is 0 Å². The summed E-state index contributed by atoms with van der Waals surface area (Å²) in [4.78, 5) is 0. The third kappa shape index (κ3) is 5.28. The van der Waals surface area contributed by atoms with E-state index >= 15 is 0 Å². The van der Waals surface area contributed by atoms with Crippen molar-refractivity contribution in [2.75, 3.05) is 13.2 Å². The SMILES string of the molecule is CCC(O)(CC)COc1ccccc1OCC(F)(F)F. The van der Waals surface area contributed by atoms with Crippen LogP contribution in [0.1, 0.15) is 26.7 Å². The molecule has 1 rings (SSSR count). The first-order valence-corrected chi connectivity index (χ1v) is 6.43. The second kappa shape index (κ2) is 6.83. The summed E-state index contributed by atoms with van der Waals surface area (Å²) in [5.41, 5.74) is -0.989. The minimum Gasteiger partial charge on any atom is -0.487 e. The second-order valence-corrected chi connectivity index (χ2v) is 4.57. The van der Waals surface area contributed by atoms with E-state index < -0.39 is 18.4 Å². The summed E-state index contributed by atoms with van der Waals surface area (Å²) in [6, 6.07) is 6.10. The number of hydrogen-bond acceptors (Lipinski definition) is 3. The molecule has 0 aliphatic carbocycles. The average molecular weight is 292 g/mol. The second-order valence-electron chi connectivity index (χ2n) is 4.57. The number of hydrogen-bond donors (Lipinski definition) is 1. The van der Waals surface area contributed by atoms with Crippen LogP contribution in [0.4, 0.5) is 13.2 Å². The molecule has 0 fully saturated rings. The van der Waals surface area contributed by atoms with Gasteiger partial charge in [0.1, 0.15) is 6.61 Å². The molecule has 0 aliphatic rings. The molecule has 6 heteroatoms. The molecule has 3 nitrogen and oxygen atoms in total. The maximum Gasteiger partial charge on any atom is 0.422 e. The van der Waals surface area contributed by atoms with Gasteiger partial charge in [-0.1, -0.05) is 26.0 Å². The summed E-state index contributed by atoms with van der Waals surface area (Å²) >= 11 is 0. The minimum atomic E-state index is -4.40. The fraction of sp³-hybridized carbons (Fsp3) is 0.571. The quantitative estimate of drug-likeness (QED) is 0.835. The lowest BCUT2D eigenvalue weighted by Gasteiger charge is -2.25. The van der Waals surface area contributed by atoms with Crippen molar-refractivity contribution in [2.45, 2.75) is 38.5 Å². The van der Waals surface area contributed by atoms with Crippen molar-refractivity contribution in [3.8, 4) is 11.5 Å². The Morgan fingerprint density at radius 2 is 1.40 bits per heavy atom. The van der Waals surface area contributed by atoms with Gasteiger partial charge in [-0.3, -0.25) is 0 Å². The molecule has 1 aromatic carbocycles. The Kier molecular flexibility index (Phi) is 5.68.